The van der Waals surface area contributed by atoms with E-state index in [-0.39, 0.29) is 12.2 Å². The first-order valence-corrected chi connectivity index (χ1v) is 14.0. The second-order valence-corrected chi connectivity index (χ2v) is 10.3. The van der Waals surface area contributed by atoms with Gasteiger partial charge in [-0.2, -0.15) is 0 Å². The third-order valence-corrected chi connectivity index (χ3v) is 7.32. The van der Waals surface area contributed by atoms with E-state index in [0.29, 0.717) is 19.8 Å². The van der Waals surface area contributed by atoms with Gasteiger partial charge in [0.05, 0.1) is 25.9 Å². The summed E-state index contributed by atoms with van der Waals surface area (Å²) >= 11 is 1.28. The lowest BCUT2D eigenvalue weighted by atomic mass is 9.98. The summed E-state index contributed by atoms with van der Waals surface area (Å²) in [7, 11) is 0. The van der Waals surface area contributed by atoms with Crippen LogP contribution in [0.2, 0.25) is 0 Å². The van der Waals surface area contributed by atoms with Gasteiger partial charge < -0.3 is 18.9 Å². The highest BCUT2D eigenvalue weighted by Crippen LogP contribution is 2.34. The highest BCUT2D eigenvalue weighted by molar-refractivity contribution is 7.94. The van der Waals surface area contributed by atoms with Gasteiger partial charge in [0, 0.05) is 16.9 Å². The first-order chi connectivity index (χ1) is 19.3. The number of ether oxygens (including phenoxy) is 4. The molecule has 0 saturated carbocycles. The summed E-state index contributed by atoms with van der Waals surface area (Å²) < 4.78 is 32.3. The highest BCUT2D eigenvalue weighted by atomic mass is 32.2. The predicted octanol–water partition coefficient (Wildman–Crippen LogP) is 7.21. The van der Waals surface area contributed by atoms with Crippen LogP contribution in [-0.2, 0) is 43.0 Å². The smallest absolute Gasteiger partial charge is 0.200 e. The standard InChI is InChI=1S/C33H34O5S/c1-25-30(34-22-26-14-6-2-7-15-26)31(35-23-27-16-8-3-9-17-27)32(36-24-28-18-10-4-11-19-28)33(37-25)38-39-29-20-12-5-13-21-29/h2-21,25,30-33H,22-24H2,1H3. The van der Waals surface area contributed by atoms with Crippen molar-refractivity contribution in [2.45, 2.75) is 62.3 Å². The Hall–Kier alpha value is -2.97. The van der Waals surface area contributed by atoms with Crippen molar-refractivity contribution in [2.75, 3.05) is 0 Å². The summed E-state index contributed by atoms with van der Waals surface area (Å²) in [6.45, 7) is 3.27. The minimum Gasteiger partial charge on any atom is -0.368 e. The summed E-state index contributed by atoms with van der Waals surface area (Å²) in [4.78, 5) is 0.986. The lowest BCUT2D eigenvalue weighted by molar-refractivity contribution is -0.298. The van der Waals surface area contributed by atoms with Crippen molar-refractivity contribution in [1.29, 1.82) is 0 Å². The largest absolute Gasteiger partial charge is 0.368 e. The quantitative estimate of drug-likeness (QED) is 0.176. The van der Waals surface area contributed by atoms with Crippen LogP contribution in [0.25, 0.3) is 0 Å². The molecule has 0 bridgehead atoms. The van der Waals surface area contributed by atoms with Gasteiger partial charge in [-0.3, -0.25) is 4.18 Å². The third-order valence-electron chi connectivity index (χ3n) is 6.57. The summed E-state index contributed by atoms with van der Waals surface area (Å²) in [5, 5.41) is 0. The lowest BCUT2D eigenvalue weighted by Crippen LogP contribution is -2.59. The van der Waals surface area contributed by atoms with E-state index in [1.54, 1.807) is 0 Å². The van der Waals surface area contributed by atoms with Gasteiger partial charge >= 0.3 is 0 Å². The molecule has 0 radical (unpaired) electrons. The van der Waals surface area contributed by atoms with Crippen LogP contribution in [0.3, 0.4) is 0 Å². The van der Waals surface area contributed by atoms with E-state index in [9.17, 15) is 0 Å². The molecule has 0 aromatic heterocycles. The maximum Gasteiger partial charge on any atom is 0.200 e. The third kappa shape index (κ3) is 8.02. The Bertz CT molecular complexity index is 1230. The molecule has 0 amide bonds. The summed E-state index contributed by atoms with van der Waals surface area (Å²) in [5.41, 5.74) is 3.23. The molecule has 0 aliphatic carbocycles. The molecule has 5 rings (SSSR count). The van der Waals surface area contributed by atoms with Crippen LogP contribution in [0.5, 0.6) is 0 Å². The maximum absolute atomic E-state index is 6.60. The molecular weight excluding hydrogens is 508 g/mol. The molecule has 1 fully saturated rings. The monoisotopic (exact) mass is 542 g/mol. The summed E-state index contributed by atoms with van der Waals surface area (Å²) in [6.07, 6.45) is -2.26. The minimum absolute atomic E-state index is 0.285. The van der Waals surface area contributed by atoms with Gasteiger partial charge in [-0.1, -0.05) is 109 Å². The van der Waals surface area contributed by atoms with E-state index in [0.717, 1.165) is 21.6 Å². The average molecular weight is 543 g/mol. The Morgan fingerprint density at radius 3 is 1.44 bits per heavy atom. The fourth-order valence-corrected chi connectivity index (χ4v) is 5.15. The molecule has 5 nitrogen and oxygen atoms in total. The first-order valence-electron chi connectivity index (χ1n) is 13.3. The molecule has 5 unspecified atom stereocenters. The van der Waals surface area contributed by atoms with E-state index < -0.39 is 18.5 Å². The fourth-order valence-electron chi connectivity index (χ4n) is 4.53. The van der Waals surface area contributed by atoms with E-state index in [1.165, 1.54) is 12.0 Å². The van der Waals surface area contributed by atoms with Crippen LogP contribution in [0.4, 0.5) is 0 Å². The molecule has 4 aromatic carbocycles. The Morgan fingerprint density at radius 1 is 0.538 bits per heavy atom. The average Bonchev–Trinajstić information content (AvgIpc) is 3.00. The van der Waals surface area contributed by atoms with Gasteiger partial charge in [-0.25, -0.2) is 0 Å². The van der Waals surface area contributed by atoms with Gasteiger partial charge in [0.15, 0.2) is 6.29 Å². The number of hydrogen-bond acceptors (Lipinski definition) is 6. The van der Waals surface area contributed by atoms with Gasteiger partial charge in [0.1, 0.15) is 18.3 Å². The van der Waals surface area contributed by atoms with Crippen molar-refractivity contribution < 1.29 is 23.1 Å². The molecule has 39 heavy (non-hydrogen) atoms. The molecule has 0 N–H and O–H groups in total. The zero-order chi connectivity index (χ0) is 26.7. The molecule has 1 aliphatic rings. The maximum atomic E-state index is 6.60. The van der Waals surface area contributed by atoms with Gasteiger partial charge in [-0.15, -0.1) is 0 Å². The Balaban J connectivity index is 1.38. The molecule has 1 heterocycles. The van der Waals surface area contributed by atoms with E-state index in [1.807, 2.05) is 104 Å². The second-order valence-electron chi connectivity index (χ2n) is 9.49. The van der Waals surface area contributed by atoms with Crippen molar-refractivity contribution in [1.82, 2.24) is 0 Å². The highest BCUT2D eigenvalue weighted by Gasteiger charge is 2.47. The van der Waals surface area contributed by atoms with E-state index in [4.69, 9.17) is 23.1 Å². The van der Waals surface area contributed by atoms with Crippen molar-refractivity contribution in [2.24, 2.45) is 0 Å². The second kappa shape index (κ2) is 14.4. The summed E-state index contributed by atoms with van der Waals surface area (Å²) in [5.74, 6) is 0. The molecule has 202 valence electrons. The van der Waals surface area contributed by atoms with Crippen LogP contribution in [0, 0.1) is 0 Å². The molecule has 5 atom stereocenters. The van der Waals surface area contributed by atoms with Gasteiger partial charge in [0.2, 0.25) is 0 Å². The first kappa shape index (κ1) is 27.6. The molecule has 0 spiro atoms. The number of benzene rings is 4. The van der Waals surface area contributed by atoms with Gasteiger partial charge in [0.25, 0.3) is 0 Å². The molecule has 6 heteroatoms. The molecule has 4 aromatic rings. The fraction of sp³-hybridized carbons (Fsp3) is 0.273. The number of hydrogen-bond donors (Lipinski definition) is 0. The molecule has 1 aliphatic heterocycles. The van der Waals surface area contributed by atoms with Crippen LogP contribution < -0.4 is 0 Å². The van der Waals surface area contributed by atoms with E-state index >= 15 is 0 Å². The summed E-state index contributed by atoms with van der Waals surface area (Å²) in [6, 6.07) is 40.3. The van der Waals surface area contributed by atoms with Crippen LogP contribution in [-0.4, -0.2) is 30.7 Å². The Kier molecular flexibility index (Phi) is 10.2. The van der Waals surface area contributed by atoms with E-state index in [2.05, 4.69) is 24.3 Å². The normalized spacial score (nSPS) is 22.9. The van der Waals surface area contributed by atoms with Crippen LogP contribution in [0.1, 0.15) is 23.6 Å². The molecule has 1 saturated heterocycles. The predicted molar refractivity (Wildman–Crippen MR) is 153 cm³/mol. The lowest BCUT2D eigenvalue weighted by Gasteiger charge is -2.44. The van der Waals surface area contributed by atoms with Crippen LogP contribution in [0.15, 0.2) is 126 Å². The number of rotatable bonds is 12. The van der Waals surface area contributed by atoms with Crippen LogP contribution >= 0.6 is 12.0 Å². The minimum atomic E-state index is -0.661. The van der Waals surface area contributed by atoms with Crippen molar-refractivity contribution in [3.8, 4) is 0 Å². The topological polar surface area (TPSA) is 46.2 Å². The Morgan fingerprint density at radius 2 is 0.949 bits per heavy atom. The van der Waals surface area contributed by atoms with Gasteiger partial charge in [-0.05, 0) is 35.7 Å². The SMILES string of the molecule is CC1OC(OSc2ccccc2)C(OCc2ccccc2)C(OCc2ccccc2)C1OCc1ccccc1. The Labute approximate surface area is 235 Å². The zero-order valence-electron chi connectivity index (χ0n) is 22.0. The van der Waals surface area contributed by atoms with Crippen molar-refractivity contribution in [3.63, 3.8) is 0 Å². The molecular formula is C33H34O5S. The zero-order valence-corrected chi connectivity index (χ0v) is 22.8. The van der Waals surface area contributed by atoms with Crippen molar-refractivity contribution in [3.05, 3.63) is 138 Å². The van der Waals surface area contributed by atoms with Crippen molar-refractivity contribution >= 4 is 12.0 Å².